The van der Waals surface area contributed by atoms with Crippen LogP contribution >= 0.6 is 0 Å². The third kappa shape index (κ3) is 11.4. The predicted octanol–water partition coefficient (Wildman–Crippen LogP) is 2.22. The summed E-state index contributed by atoms with van der Waals surface area (Å²) in [5, 5.41) is 37.7. The highest BCUT2D eigenvalue weighted by Gasteiger charge is 2.48. The summed E-state index contributed by atoms with van der Waals surface area (Å²) in [5.41, 5.74) is 1.40. The number of carbonyl (C=O) groups excluding carboxylic acids is 4. The number of hydrogen-bond acceptors (Lipinski definition) is 11. The molecule has 1 aliphatic carbocycles. The van der Waals surface area contributed by atoms with E-state index in [4.69, 9.17) is 14.2 Å². The van der Waals surface area contributed by atoms with Gasteiger partial charge in [0.1, 0.15) is 24.3 Å². The van der Waals surface area contributed by atoms with Crippen molar-refractivity contribution in [1.29, 1.82) is 0 Å². The maximum Gasteiger partial charge on any atom is 0.319 e. The van der Waals surface area contributed by atoms with Crippen LogP contribution in [-0.4, -0.2) is 133 Å². The molecule has 2 saturated heterocycles. The lowest BCUT2D eigenvalue weighted by Gasteiger charge is -2.39. The highest BCUT2D eigenvalue weighted by Crippen LogP contribution is 2.36. The van der Waals surface area contributed by atoms with E-state index >= 15 is 0 Å². The molecule has 6 rings (SSSR count). The van der Waals surface area contributed by atoms with E-state index in [9.17, 15) is 29.4 Å². The molecule has 3 aliphatic heterocycles. The van der Waals surface area contributed by atoms with Gasteiger partial charge in [0, 0.05) is 24.7 Å². The van der Waals surface area contributed by atoms with Crippen LogP contribution < -0.4 is 31.3 Å². The quantitative estimate of drug-likeness (QED) is 0.146. The molecule has 0 radical (unpaired) electrons. The Labute approximate surface area is 340 Å². The number of anilines is 1. The number of rotatable bonds is 13. The van der Waals surface area contributed by atoms with E-state index in [0.717, 1.165) is 37.7 Å². The molecular formula is C42H61N7O9. The van der Waals surface area contributed by atoms with Gasteiger partial charge in [-0.05, 0) is 63.4 Å². The van der Waals surface area contributed by atoms with E-state index in [-0.39, 0.29) is 37.6 Å². The number of aliphatic hydroxyl groups is 2. The van der Waals surface area contributed by atoms with Crippen LogP contribution in [0.1, 0.15) is 76.3 Å². The van der Waals surface area contributed by atoms with Crippen LogP contribution in [0.2, 0.25) is 0 Å². The number of nitrogens with zero attached hydrogens (tertiary/aromatic N) is 2. The number of aliphatic hydroxyl groups excluding tert-OH is 2. The summed E-state index contributed by atoms with van der Waals surface area (Å²) in [6, 6.07) is 13.1. The third-order valence-electron chi connectivity index (χ3n) is 11.5. The van der Waals surface area contributed by atoms with Gasteiger partial charge >= 0.3 is 6.03 Å². The summed E-state index contributed by atoms with van der Waals surface area (Å²) in [4.78, 5) is 57.8. The fourth-order valence-electron chi connectivity index (χ4n) is 8.48. The molecular weight excluding hydrogens is 747 g/mol. The van der Waals surface area contributed by atoms with Gasteiger partial charge in [-0.1, -0.05) is 69.0 Å². The molecule has 7 N–H and O–H groups in total. The maximum absolute atomic E-state index is 14.2. The average Bonchev–Trinajstić information content (AvgIpc) is 3.92. The molecule has 6 unspecified atom stereocenters. The van der Waals surface area contributed by atoms with Crippen molar-refractivity contribution in [3.05, 3.63) is 60.2 Å². The second kappa shape index (κ2) is 20.6. The van der Waals surface area contributed by atoms with E-state index in [1.54, 1.807) is 23.1 Å². The summed E-state index contributed by atoms with van der Waals surface area (Å²) in [7, 11) is 3.79. The smallest absolute Gasteiger partial charge is 0.319 e. The fraction of sp³-hybridized carbons (Fsp3) is 0.619. The van der Waals surface area contributed by atoms with Crippen LogP contribution in [0.3, 0.4) is 0 Å². The summed E-state index contributed by atoms with van der Waals surface area (Å²) in [6.07, 6.45) is 2.53. The molecule has 4 aliphatic rings. The van der Waals surface area contributed by atoms with Crippen molar-refractivity contribution in [2.45, 2.75) is 120 Å². The summed E-state index contributed by atoms with van der Waals surface area (Å²) < 4.78 is 18.0. The molecule has 58 heavy (non-hydrogen) atoms. The van der Waals surface area contributed by atoms with Gasteiger partial charge in [0.05, 0.1) is 50.0 Å². The van der Waals surface area contributed by atoms with E-state index in [1.807, 2.05) is 62.3 Å². The van der Waals surface area contributed by atoms with E-state index in [1.165, 1.54) is 0 Å². The number of epoxide rings is 1. The largest absolute Gasteiger partial charge is 0.493 e. The second-order valence-corrected chi connectivity index (χ2v) is 16.1. The molecule has 3 fully saturated rings. The Morgan fingerprint density at radius 3 is 2.50 bits per heavy atom. The van der Waals surface area contributed by atoms with Crippen molar-refractivity contribution >= 4 is 29.4 Å². The summed E-state index contributed by atoms with van der Waals surface area (Å²) in [5.74, 6) is -1.17. The van der Waals surface area contributed by atoms with Crippen LogP contribution in [0, 0.1) is 5.92 Å². The normalized spacial score (nSPS) is 28.2. The van der Waals surface area contributed by atoms with Crippen molar-refractivity contribution in [2.24, 2.45) is 5.92 Å². The second-order valence-electron chi connectivity index (χ2n) is 16.1. The van der Waals surface area contributed by atoms with Gasteiger partial charge in [-0.2, -0.15) is 0 Å². The van der Waals surface area contributed by atoms with Crippen molar-refractivity contribution < 1.29 is 43.6 Å². The highest BCUT2D eigenvalue weighted by molar-refractivity contribution is 5.90. The van der Waals surface area contributed by atoms with Gasteiger partial charge in [-0.3, -0.25) is 24.2 Å². The SMILES string of the molecule is CCCC(NC(=O)[C@@H]1C[C@@H]2CN1C(O)[C@H](C1CCCCC1)NC(=O)Nc1cccc(c1)OCCCO2)C(O)C(=O)NCC(=O)N[C@@H](c1ccccc1)C1OC1N(C)C. The van der Waals surface area contributed by atoms with Gasteiger partial charge in [0.15, 0.2) is 6.10 Å². The van der Waals surface area contributed by atoms with Crippen molar-refractivity contribution in [3.8, 4) is 5.75 Å². The Morgan fingerprint density at radius 2 is 1.78 bits per heavy atom. The number of nitrogens with one attached hydrogen (secondary N) is 5. The molecule has 318 valence electrons. The predicted molar refractivity (Wildman–Crippen MR) is 215 cm³/mol. The van der Waals surface area contributed by atoms with Gasteiger partial charge < -0.3 is 51.0 Å². The highest BCUT2D eigenvalue weighted by atomic mass is 16.6. The maximum atomic E-state index is 14.2. The van der Waals surface area contributed by atoms with E-state index < -0.39 is 72.9 Å². The third-order valence-corrected chi connectivity index (χ3v) is 11.5. The topological polar surface area (TPSA) is 206 Å². The van der Waals surface area contributed by atoms with E-state index in [0.29, 0.717) is 37.5 Å². The van der Waals surface area contributed by atoms with Crippen LogP contribution in [0.15, 0.2) is 54.6 Å². The molecule has 5 amide bonds. The zero-order valence-electron chi connectivity index (χ0n) is 33.8. The van der Waals surface area contributed by atoms with Gasteiger partial charge in [-0.25, -0.2) is 4.79 Å². The molecule has 0 spiro atoms. The number of urea groups is 1. The average molecular weight is 808 g/mol. The van der Waals surface area contributed by atoms with Crippen LogP contribution in [-0.2, 0) is 23.9 Å². The van der Waals surface area contributed by atoms with Gasteiger partial charge in [0.25, 0.3) is 5.91 Å². The van der Waals surface area contributed by atoms with Crippen molar-refractivity contribution in [1.82, 2.24) is 31.1 Å². The first-order chi connectivity index (χ1) is 28.0. The van der Waals surface area contributed by atoms with Crippen LogP contribution in [0.5, 0.6) is 5.75 Å². The Balaban J connectivity index is 1.12. The number of likely N-dealkylation sites (N-methyl/N-ethyl adjacent to an activating group) is 1. The first-order valence-electron chi connectivity index (χ1n) is 20.8. The Bertz CT molecular complexity index is 1680. The number of hydrogen-bond donors (Lipinski definition) is 7. The Morgan fingerprint density at radius 1 is 1.00 bits per heavy atom. The fourth-order valence-corrected chi connectivity index (χ4v) is 8.48. The molecule has 4 bridgehead atoms. The molecule has 2 aromatic carbocycles. The molecule has 3 heterocycles. The molecule has 16 nitrogen and oxygen atoms in total. The molecule has 0 aromatic heterocycles. The zero-order valence-corrected chi connectivity index (χ0v) is 33.8. The standard InChI is InChI=1S/C42H61N7O9/c1-4-13-31(36(51)39(53)43-24-33(50)46-34(26-14-7-5-8-15-26)37-41(58-37)48(2)3)45-38(52)32-23-30-25-49(32)40(54)35(27-16-9-6-10-17-27)47-42(55)44-28-18-11-19-29(22-28)56-20-12-21-57-30/h5,7-8,11,14-15,18-19,22,27,30-32,34-37,40-41,51,54H,4,6,9-10,12-13,16-17,20-21,23-25H2,1-3H3,(H,43,53)(H,45,52)(H,46,50)(H2,44,47,55)/t30-,31?,32+,34+,35+,36?,37?,40?,41?/m1/s1. The number of amides is 5. The number of fused-ring (bicyclic) bond motifs is 4. The van der Waals surface area contributed by atoms with Gasteiger partial charge in [-0.15, -0.1) is 0 Å². The zero-order chi connectivity index (χ0) is 41.2. The lowest BCUT2D eigenvalue weighted by molar-refractivity contribution is -0.137. The molecule has 2 aromatic rings. The molecule has 1 saturated carbocycles. The number of ether oxygens (including phenoxy) is 3. The lowest BCUT2D eigenvalue weighted by Crippen LogP contribution is -2.60. The Kier molecular flexibility index (Phi) is 15.4. The summed E-state index contributed by atoms with van der Waals surface area (Å²) >= 11 is 0. The van der Waals surface area contributed by atoms with Crippen LogP contribution in [0.4, 0.5) is 10.5 Å². The van der Waals surface area contributed by atoms with Crippen molar-refractivity contribution in [3.63, 3.8) is 0 Å². The minimum absolute atomic E-state index is 0.0310. The lowest BCUT2D eigenvalue weighted by atomic mass is 9.83. The van der Waals surface area contributed by atoms with Crippen LogP contribution in [0.25, 0.3) is 0 Å². The molecule has 10 atom stereocenters. The monoisotopic (exact) mass is 807 g/mol. The first kappa shape index (κ1) is 43.3. The Hall–Kier alpha value is -4.32. The summed E-state index contributed by atoms with van der Waals surface area (Å²) in [6.45, 7) is 2.45. The first-order valence-corrected chi connectivity index (χ1v) is 20.8. The minimum atomic E-state index is -1.66. The number of benzene rings is 2. The number of carbonyl (C=O) groups is 4. The molecule has 16 heteroatoms. The minimum Gasteiger partial charge on any atom is -0.493 e. The van der Waals surface area contributed by atoms with Gasteiger partial charge in [0.2, 0.25) is 11.8 Å². The van der Waals surface area contributed by atoms with E-state index in [2.05, 4.69) is 26.6 Å². The van der Waals surface area contributed by atoms with Crippen molar-refractivity contribution in [2.75, 3.05) is 45.7 Å².